The van der Waals surface area contributed by atoms with Crippen LogP contribution in [0.15, 0.2) is 54.6 Å². The minimum absolute atomic E-state index is 0.0548. The predicted octanol–water partition coefficient (Wildman–Crippen LogP) is 4.17. The number of rotatable bonds is 7. The first-order valence-corrected chi connectivity index (χ1v) is 9.66. The number of benzene rings is 2. The standard InChI is InChI=1S/C23H25N3O3/c1-4-25(19-8-6-5-7-9-19)23(29)18-10-12-20(13-11-18)26-17(3)21(16(2)24-26)14-15-22(27)28/h5-13H,4,14-15H2,1-3H3,(H,27,28). The van der Waals surface area contributed by atoms with Crippen molar-refractivity contribution in [3.63, 3.8) is 0 Å². The lowest BCUT2D eigenvalue weighted by atomic mass is 10.1. The van der Waals surface area contributed by atoms with Gasteiger partial charge in [0.15, 0.2) is 0 Å². The van der Waals surface area contributed by atoms with Crippen molar-refractivity contribution in [1.82, 2.24) is 9.78 Å². The fourth-order valence-corrected chi connectivity index (χ4v) is 3.47. The highest BCUT2D eigenvalue weighted by molar-refractivity contribution is 6.06. The maximum Gasteiger partial charge on any atom is 0.303 e. The number of aromatic nitrogens is 2. The summed E-state index contributed by atoms with van der Waals surface area (Å²) in [7, 11) is 0. The largest absolute Gasteiger partial charge is 0.481 e. The summed E-state index contributed by atoms with van der Waals surface area (Å²) in [6.07, 6.45) is 0.527. The number of carbonyl (C=O) groups is 2. The molecule has 1 heterocycles. The van der Waals surface area contributed by atoms with Gasteiger partial charge in [-0.3, -0.25) is 9.59 Å². The number of para-hydroxylation sites is 1. The van der Waals surface area contributed by atoms with E-state index in [1.807, 2.05) is 63.2 Å². The van der Waals surface area contributed by atoms with Crippen LogP contribution >= 0.6 is 0 Å². The lowest BCUT2D eigenvalue weighted by Gasteiger charge is -2.21. The van der Waals surface area contributed by atoms with Crippen molar-refractivity contribution in [1.29, 1.82) is 0 Å². The Morgan fingerprint density at radius 3 is 2.28 bits per heavy atom. The van der Waals surface area contributed by atoms with E-state index in [0.717, 1.165) is 28.3 Å². The van der Waals surface area contributed by atoms with Gasteiger partial charge >= 0.3 is 5.97 Å². The number of aliphatic carboxylic acids is 1. The molecular formula is C23H25N3O3. The van der Waals surface area contributed by atoms with E-state index >= 15 is 0 Å². The minimum atomic E-state index is -0.821. The van der Waals surface area contributed by atoms with Crippen LogP contribution in [0.4, 0.5) is 5.69 Å². The summed E-state index contributed by atoms with van der Waals surface area (Å²) in [5.74, 6) is -0.876. The molecule has 0 aliphatic heterocycles. The number of hydrogen-bond donors (Lipinski definition) is 1. The molecule has 1 amide bonds. The summed E-state index contributed by atoms with van der Waals surface area (Å²) >= 11 is 0. The van der Waals surface area contributed by atoms with Crippen LogP contribution in [-0.4, -0.2) is 33.3 Å². The van der Waals surface area contributed by atoms with Gasteiger partial charge in [0, 0.05) is 29.9 Å². The van der Waals surface area contributed by atoms with E-state index in [9.17, 15) is 9.59 Å². The Hall–Kier alpha value is -3.41. The van der Waals surface area contributed by atoms with Crippen molar-refractivity contribution in [3.8, 4) is 5.69 Å². The molecule has 150 valence electrons. The van der Waals surface area contributed by atoms with E-state index in [1.165, 1.54) is 0 Å². The average molecular weight is 391 g/mol. The van der Waals surface area contributed by atoms with E-state index in [1.54, 1.807) is 21.7 Å². The van der Waals surface area contributed by atoms with Gasteiger partial charge in [-0.2, -0.15) is 5.10 Å². The third-order valence-electron chi connectivity index (χ3n) is 5.02. The first kappa shape index (κ1) is 20.3. The van der Waals surface area contributed by atoms with Crippen LogP contribution in [0.25, 0.3) is 5.69 Å². The Morgan fingerprint density at radius 1 is 1.03 bits per heavy atom. The molecule has 6 heteroatoms. The van der Waals surface area contributed by atoms with Crippen molar-refractivity contribution in [2.75, 3.05) is 11.4 Å². The van der Waals surface area contributed by atoms with Crippen molar-refractivity contribution in [3.05, 3.63) is 77.1 Å². The van der Waals surface area contributed by atoms with Crippen LogP contribution in [-0.2, 0) is 11.2 Å². The highest BCUT2D eigenvalue weighted by atomic mass is 16.4. The van der Waals surface area contributed by atoms with Crippen LogP contribution in [0.3, 0.4) is 0 Å². The second kappa shape index (κ2) is 8.73. The number of carbonyl (C=O) groups excluding carboxylic acids is 1. The van der Waals surface area contributed by atoms with Crippen LogP contribution in [0.5, 0.6) is 0 Å². The van der Waals surface area contributed by atoms with Gasteiger partial charge in [0.1, 0.15) is 0 Å². The van der Waals surface area contributed by atoms with Crippen LogP contribution in [0.2, 0.25) is 0 Å². The first-order valence-electron chi connectivity index (χ1n) is 9.66. The van der Waals surface area contributed by atoms with Crippen LogP contribution in [0, 0.1) is 13.8 Å². The summed E-state index contributed by atoms with van der Waals surface area (Å²) in [6.45, 7) is 6.35. The normalized spacial score (nSPS) is 10.7. The molecule has 0 radical (unpaired) electrons. The Bertz CT molecular complexity index is 1010. The van der Waals surface area contributed by atoms with E-state index < -0.39 is 5.97 Å². The molecule has 0 spiro atoms. The zero-order chi connectivity index (χ0) is 21.0. The molecule has 0 aliphatic carbocycles. The van der Waals surface area contributed by atoms with Crippen molar-refractivity contribution in [2.45, 2.75) is 33.6 Å². The fraction of sp³-hybridized carbons (Fsp3) is 0.261. The van der Waals surface area contributed by atoms with E-state index in [-0.39, 0.29) is 12.3 Å². The summed E-state index contributed by atoms with van der Waals surface area (Å²) in [5, 5.41) is 13.5. The third-order valence-corrected chi connectivity index (χ3v) is 5.02. The molecule has 0 unspecified atom stereocenters. The molecule has 1 N–H and O–H groups in total. The Balaban J connectivity index is 1.84. The van der Waals surface area contributed by atoms with Crippen molar-refractivity contribution >= 4 is 17.6 Å². The molecule has 0 atom stereocenters. The molecule has 2 aromatic carbocycles. The fourth-order valence-electron chi connectivity index (χ4n) is 3.47. The van der Waals surface area contributed by atoms with Gasteiger partial charge in [-0.15, -0.1) is 0 Å². The summed E-state index contributed by atoms with van der Waals surface area (Å²) in [5.41, 5.74) is 5.01. The number of carboxylic acids is 1. The highest BCUT2D eigenvalue weighted by Gasteiger charge is 2.17. The van der Waals surface area contributed by atoms with Gasteiger partial charge < -0.3 is 10.0 Å². The molecular weight excluding hydrogens is 366 g/mol. The quantitative estimate of drug-likeness (QED) is 0.656. The molecule has 0 fully saturated rings. The summed E-state index contributed by atoms with van der Waals surface area (Å²) in [6, 6.07) is 16.9. The molecule has 1 aromatic heterocycles. The first-order chi connectivity index (χ1) is 13.9. The van der Waals surface area contributed by atoms with Gasteiger partial charge in [-0.05, 0) is 69.2 Å². The summed E-state index contributed by atoms with van der Waals surface area (Å²) in [4.78, 5) is 25.6. The molecule has 0 saturated carbocycles. The zero-order valence-electron chi connectivity index (χ0n) is 16.9. The van der Waals surface area contributed by atoms with Gasteiger partial charge in [-0.1, -0.05) is 18.2 Å². The number of carboxylic acid groups (broad SMARTS) is 1. The number of amides is 1. The second-order valence-electron chi connectivity index (χ2n) is 6.89. The molecule has 29 heavy (non-hydrogen) atoms. The smallest absolute Gasteiger partial charge is 0.303 e. The topological polar surface area (TPSA) is 75.4 Å². The molecule has 0 saturated heterocycles. The molecule has 3 aromatic rings. The molecule has 0 aliphatic rings. The lowest BCUT2D eigenvalue weighted by molar-refractivity contribution is -0.136. The Labute approximate surface area is 170 Å². The SMILES string of the molecule is CCN(C(=O)c1ccc(-n2nc(C)c(CCC(=O)O)c2C)cc1)c1ccccc1. The monoisotopic (exact) mass is 391 g/mol. The van der Waals surface area contributed by atoms with E-state index in [0.29, 0.717) is 18.5 Å². The predicted molar refractivity (Wildman–Crippen MR) is 113 cm³/mol. The Kier molecular flexibility index (Phi) is 6.12. The molecule has 0 bridgehead atoms. The number of aryl methyl sites for hydroxylation is 1. The van der Waals surface area contributed by atoms with Crippen molar-refractivity contribution in [2.24, 2.45) is 0 Å². The van der Waals surface area contributed by atoms with Crippen LogP contribution in [0.1, 0.15) is 40.7 Å². The number of anilines is 1. The molecule has 3 rings (SSSR count). The highest BCUT2D eigenvalue weighted by Crippen LogP contribution is 2.21. The summed E-state index contributed by atoms with van der Waals surface area (Å²) < 4.78 is 1.80. The van der Waals surface area contributed by atoms with Crippen LogP contribution < -0.4 is 4.90 Å². The number of nitrogens with zero attached hydrogens (tertiary/aromatic N) is 3. The number of hydrogen-bond acceptors (Lipinski definition) is 3. The molecule has 6 nitrogen and oxygen atoms in total. The van der Waals surface area contributed by atoms with Gasteiger partial charge in [0.2, 0.25) is 0 Å². The third kappa shape index (κ3) is 4.37. The Morgan fingerprint density at radius 2 is 1.69 bits per heavy atom. The second-order valence-corrected chi connectivity index (χ2v) is 6.89. The lowest BCUT2D eigenvalue weighted by Crippen LogP contribution is -2.30. The average Bonchev–Trinajstić information content (AvgIpc) is 3.01. The van der Waals surface area contributed by atoms with E-state index in [4.69, 9.17) is 5.11 Å². The van der Waals surface area contributed by atoms with Gasteiger partial charge in [0.25, 0.3) is 5.91 Å². The maximum atomic E-state index is 12.9. The van der Waals surface area contributed by atoms with Crippen molar-refractivity contribution < 1.29 is 14.7 Å². The zero-order valence-corrected chi connectivity index (χ0v) is 16.9. The van der Waals surface area contributed by atoms with E-state index in [2.05, 4.69) is 5.10 Å². The van der Waals surface area contributed by atoms with Gasteiger partial charge in [-0.25, -0.2) is 4.68 Å². The van der Waals surface area contributed by atoms with Gasteiger partial charge in [0.05, 0.1) is 11.4 Å². The maximum absolute atomic E-state index is 12.9. The minimum Gasteiger partial charge on any atom is -0.481 e.